The molecule has 0 atom stereocenters. The third-order valence-corrected chi connectivity index (χ3v) is 5.04. The fraction of sp³-hybridized carbons (Fsp3) is 0.200. The number of hydrogen-bond acceptors (Lipinski definition) is 5. The van der Waals surface area contributed by atoms with Crippen molar-refractivity contribution in [3.8, 4) is 5.75 Å². The number of hydrogen-bond donors (Lipinski definition) is 1. The molecule has 0 spiro atoms. The van der Waals surface area contributed by atoms with Crippen LogP contribution in [-0.4, -0.2) is 26.5 Å². The molecule has 0 aliphatic rings. The summed E-state index contributed by atoms with van der Waals surface area (Å²) in [6.07, 6.45) is 0. The van der Waals surface area contributed by atoms with E-state index >= 15 is 0 Å². The van der Waals surface area contributed by atoms with Gasteiger partial charge in [0.15, 0.2) is 0 Å². The number of nitro groups is 1. The Balaban J connectivity index is 2.06. The zero-order chi connectivity index (χ0) is 17.7. The lowest BCUT2D eigenvalue weighted by Gasteiger charge is -2.10. The van der Waals surface area contributed by atoms with E-state index in [1.54, 1.807) is 24.3 Å². The van der Waals surface area contributed by atoms with Gasteiger partial charge in [-0.3, -0.25) is 10.1 Å². The average Bonchev–Trinajstić information content (AvgIpc) is 2.54. The van der Waals surface area contributed by atoms with Gasteiger partial charge in [-0.05, 0) is 25.1 Å². The van der Waals surface area contributed by atoms with E-state index in [1.807, 2.05) is 6.07 Å². The number of para-hydroxylation sites is 1. The van der Waals surface area contributed by atoms with Gasteiger partial charge in [-0.1, -0.05) is 29.8 Å². The fourth-order valence-electron chi connectivity index (χ4n) is 1.93. The molecule has 2 aromatic carbocycles. The maximum absolute atomic E-state index is 12.2. The molecule has 0 aromatic heterocycles. The van der Waals surface area contributed by atoms with Crippen LogP contribution in [0.25, 0.3) is 0 Å². The Labute approximate surface area is 144 Å². The molecule has 9 heteroatoms. The zero-order valence-corrected chi connectivity index (χ0v) is 14.3. The lowest BCUT2D eigenvalue weighted by Crippen LogP contribution is -2.28. The van der Waals surface area contributed by atoms with Crippen molar-refractivity contribution < 1.29 is 18.1 Å². The molecule has 128 valence electrons. The summed E-state index contributed by atoms with van der Waals surface area (Å²) in [4.78, 5) is 10.1. The number of ether oxygens (including phenoxy) is 1. The number of halogens is 1. The summed E-state index contributed by atoms with van der Waals surface area (Å²) in [6.45, 7) is 1.58. The first kappa shape index (κ1) is 18.2. The van der Waals surface area contributed by atoms with E-state index in [4.69, 9.17) is 16.3 Å². The second kappa shape index (κ2) is 7.61. The van der Waals surface area contributed by atoms with Gasteiger partial charge in [0.1, 0.15) is 12.4 Å². The van der Waals surface area contributed by atoms with Gasteiger partial charge in [0, 0.05) is 18.2 Å². The van der Waals surface area contributed by atoms with Crippen molar-refractivity contribution in [2.45, 2.75) is 11.8 Å². The largest absolute Gasteiger partial charge is 0.492 e. The number of rotatable bonds is 7. The molecule has 0 fully saturated rings. The van der Waals surface area contributed by atoms with E-state index in [-0.39, 0.29) is 34.3 Å². The van der Waals surface area contributed by atoms with Gasteiger partial charge >= 0.3 is 0 Å². The Bertz CT molecular complexity index is 840. The molecule has 7 nitrogen and oxygen atoms in total. The van der Waals surface area contributed by atoms with Crippen LogP contribution in [0.15, 0.2) is 47.4 Å². The third-order valence-electron chi connectivity index (χ3n) is 3.20. The van der Waals surface area contributed by atoms with Crippen molar-refractivity contribution in [2.24, 2.45) is 0 Å². The summed E-state index contributed by atoms with van der Waals surface area (Å²) in [5.74, 6) is 0.616. The van der Waals surface area contributed by atoms with Crippen molar-refractivity contribution in [1.82, 2.24) is 4.72 Å². The first-order chi connectivity index (χ1) is 11.3. The van der Waals surface area contributed by atoms with Crippen LogP contribution in [0.1, 0.15) is 5.56 Å². The molecule has 2 rings (SSSR count). The molecule has 0 amide bonds. The number of nitrogens with zero attached hydrogens (tertiary/aromatic N) is 1. The van der Waals surface area contributed by atoms with Crippen molar-refractivity contribution in [2.75, 3.05) is 13.2 Å². The molecule has 24 heavy (non-hydrogen) atoms. The molecule has 0 aliphatic carbocycles. The summed E-state index contributed by atoms with van der Waals surface area (Å²) in [5.41, 5.74) is -0.128. The van der Waals surface area contributed by atoms with Crippen molar-refractivity contribution >= 4 is 27.3 Å². The Kier molecular flexibility index (Phi) is 5.76. The van der Waals surface area contributed by atoms with E-state index in [0.717, 1.165) is 6.07 Å². The molecule has 0 saturated carbocycles. The molecule has 1 N–H and O–H groups in total. The highest BCUT2D eigenvalue weighted by molar-refractivity contribution is 7.89. The quantitative estimate of drug-likeness (QED) is 0.459. The molecular weight excluding hydrogens is 356 g/mol. The lowest BCUT2D eigenvalue weighted by atomic mass is 10.2. The van der Waals surface area contributed by atoms with Gasteiger partial charge in [0.05, 0.1) is 14.8 Å². The standard InChI is InChI=1S/C15H15ClN2O5S/c1-11-14(16)9-13(10-15(11)18(19)20)24(21,22)17-7-8-23-12-5-3-2-4-6-12/h2-6,9-10,17H,7-8H2,1H3. The average molecular weight is 371 g/mol. The van der Waals surface area contributed by atoms with E-state index in [0.29, 0.717) is 5.75 Å². The molecule has 0 saturated heterocycles. The van der Waals surface area contributed by atoms with Crippen molar-refractivity contribution in [3.63, 3.8) is 0 Å². The van der Waals surface area contributed by atoms with Crippen LogP contribution in [0.5, 0.6) is 5.75 Å². The molecule has 0 heterocycles. The number of sulfonamides is 1. The van der Waals surface area contributed by atoms with Gasteiger partial charge in [-0.15, -0.1) is 0 Å². The van der Waals surface area contributed by atoms with Crippen LogP contribution in [0, 0.1) is 17.0 Å². The molecule has 0 unspecified atom stereocenters. The highest BCUT2D eigenvalue weighted by Crippen LogP contribution is 2.29. The molecule has 0 bridgehead atoms. The van der Waals surface area contributed by atoms with Crippen LogP contribution in [-0.2, 0) is 10.0 Å². The second-order valence-corrected chi connectivity index (χ2v) is 7.04. The van der Waals surface area contributed by atoms with Crippen LogP contribution >= 0.6 is 11.6 Å². The Hall–Kier alpha value is -2.16. The van der Waals surface area contributed by atoms with Crippen LogP contribution in [0.4, 0.5) is 5.69 Å². The summed E-state index contributed by atoms with van der Waals surface area (Å²) >= 11 is 5.89. The van der Waals surface area contributed by atoms with Crippen molar-refractivity contribution in [1.29, 1.82) is 0 Å². The van der Waals surface area contributed by atoms with Crippen LogP contribution in [0.2, 0.25) is 5.02 Å². The second-order valence-electron chi connectivity index (χ2n) is 4.87. The SMILES string of the molecule is Cc1c(Cl)cc(S(=O)(=O)NCCOc2ccccc2)cc1[N+](=O)[O-]. The van der Waals surface area contributed by atoms with Crippen LogP contribution in [0.3, 0.4) is 0 Å². The molecule has 0 radical (unpaired) electrons. The Morgan fingerprint density at radius 2 is 1.92 bits per heavy atom. The third kappa shape index (κ3) is 4.44. The van der Waals surface area contributed by atoms with Crippen molar-refractivity contribution in [3.05, 3.63) is 63.2 Å². The predicted octanol–water partition coefficient (Wildman–Crippen LogP) is 2.91. The topological polar surface area (TPSA) is 98.5 Å². The monoisotopic (exact) mass is 370 g/mol. The van der Waals surface area contributed by atoms with E-state index < -0.39 is 14.9 Å². The minimum Gasteiger partial charge on any atom is -0.492 e. The summed E-state index contributed by atoms with van der Waals surface area (Å²) < 4.78 is 32.2. The molecule has 0 aliphatic heterocycles. The van der Waals surface area contributed by atoms with Gasteiger partial charge in [0.25, 0.3) is 5.69 Å². The molecule has 2 aromatic rings. The van der Waals surface area contributed by atoms with Gasteiger partial charge in [-0.2, -0.15) is 0 Å². The van der Waals surface area contributed by atoms with E-state index in [2.05, 4.69) is 4.72 Å². The minimum atomic E-state index is -3.93. The maximum Gasteiger partial charge on any atom is 0.275 e. The van der Waals surface area contributed by atoms with Gasteiger partial charge in [0.2, 0.25) is 10.0 Å². The molecular formula is C15H15ClN2O5S. The van der Waals surface area contributed by atoms with E-state index in [9.17, 15) is 18.5 Å². The fourth-order valence-corrected chi connectivity index (χ4v) is 3.27. The van der Waals surface area contributed by atoms with Crippen LogP contribution < -0.4 is 9.46 Å². The first-order valence-corrected chi connectivity index (χ1v) is 8.79. The van der Waals surface area contributed by atoms with Gasteiger partial charge in [-0.25, -0.2) is 13.1 Å². The highest BCUT2D eigenvalue weighted by atomic mass is 35.5. The number of benzene rings is 2. The predicted molar refractivity (Wildman–Crippen MR) is 90.0 cm³/mol. The lowest BCUT2D eigenvalue weighted by molar-refractivity contribution is -0.385. The number of nitro benzene ring substituents is 1. The Morgan fingerprint density at radius 1 is 1.25 bits per heavy atom. The van der Waals surface area contributed by atoms with E-state index in [1.165, 1.54) is 13.0 Å². The van der Waals surface area contributed by atoms with Gasteiger partial charge < -0.3 is 4.74 Å². The number of nitrogens with one attached hydrogen (secondary N) is 1. The Morgan fingerprint density at radius 3 is 2.54 bits per heavy atom. The maximum atomic E-state index is 12.2. The normalized spacial score (nSPS) is 11.2. The minimum absolute atomic E-state index is 0.0104. The summed E-state index contributed by atoms with van der Waals surface area (Å²) in [6, 6.07) is 11.1. The summed E-state index contributed by atoms with van der Waals surface area (Å²) in [5, 5.41) is 11.0. The summed E-state index contributed by atoms with van der Waals surface area (Å²) in [7, 11) is -3.93. The first-order valence-electron chi connectivity index (χ1n) is 6.93. The highest BCUT2D eigenvalue weighted by Gasteiger charge is 2.22. The zero-order valence-electron chi connectivity index (χ0n) is 12.7. The smallest absolute Gasteiger partial charge is 0.275 e.